The number of carbonyl (C=O) groups is 1. The Labute approximate surface area is 181 Å². The van der Waals surface area contributed by atoms with Crippen LogP contribution in [-0.2, 0) is 11.2 Å². The molecule has 0 saturated carbocycles. The van der Waals surface area contributed by atoms with E-state index in [0.717, 1.165) is 45.1 Å². The number of para-hydroxylation sites is 1. The summed E-state index contributed by atoms with van der Waals surface area (Å²) in [5.41, 5.74) is 7.11. The summed E-state index contributed by atoms with van der Waals surface area (Å²) in [6.45, 7) is 5.90. The average Bonchev–Trinajstić information content (AvgIpc) is 3.10. The number of hydrogen-bond donors (Lipinski definition) is 0. The van der Waals surface area contributed by atoms with Crippen molar-refractivity contribution in [1.82, 2.24) is 14.6 Å². The van der Waals surface area contributed by atoms with Gasteiger partial charge in [-0.3, -0.25) is 4.79 Å². The predicted molar refractivity (Wildman–Crippen MR) is 121 cm³/mol. The number of fused-ring (bicyclic) bond motifs is 1. The normalized spacial score (nSPS) is 11.1. The van der Waals surface area contributed by atoms with Crippen molar-refractivity contribution in [3.63, 3.8) is 0 Å². The van der Waals surface area contributed by atoms with E-state index in [1.807, 2.05) is 55.6 Å². The molecular formula is C25H25FN4O. The summed E-state index contributed by atoms with van der Waals surface area (Å²) in [4.78, 5) is 19.2. The molecular weight excluding hydrogens is 391 g/mol. The van der Waals surface area contributed by atoms with E-state index in [2.05, 4.69) is 5.10 Å². The molecule has 0 aliphatic rings. The summed E-state index contributed by atoms with van der Waals surface area (Å²) in [5, 5.41) is 4.69. The molecule has 158 valence electrons. The highest BCUT2D eigenvalue weighted by atomic mass is 19.1. The van der Waals surface area contributed by atoms with Crippen LogP contribution in [0.2, 0.25) is 0 Å². The molecule has 2 aromatic carbocycles. The molecule has 0 atom stereocenters. The molecule has 5 nitrogen and oxygen atoms in total. The van der Waals surface area contributed by atoms with Crippen LogP contribution in [0.25, 0.3) is 16.8 Å². The van der Waals surface area contributed by atoms with Crippen molar-refractivity contribution in [1.29, 1.82) is 0 Å². The van der Waals surface area contributed by atoms with Crippen LogP contribution in [0.5, 0.6) is 0 Å². The number of nitrogens with zero attached hydrogens (tertiary/aromatic N) is 4. The second-order valence-corrected chi connectivity index (χ2v) is 7.75. The van der Waals surface area contributed by atoms with Crippen molar-refractivity contribution in [2.24, 2.45) is 0 Å². The smallest absolute Gasteiger partial charge is 0.227 e. The van der Waals surface area contributed by atoms with Crippen LogP contribution in [-0.4, -0.2) is 27.6 Å². The van der Waals surface area contributed by atoms with Gasteiger partial charge in [-0.15, -0.1) is 0 Å². The van der Waals surface area contributed by atoms with Crippen LogP contribution in [0.4, 0.5) is 10.1 Å². The van der Waals surface area contributed by atoms with E-state index >= 15 is 0 Å². The van der Waals surface area contributed by atoms with E-state index < -0.39 is 0 Å². The van der Waals surface area contributed by atoms with Gasteiger partial charge in [-0.2, -0.15) is 5.10 Å². The van der Waals surface area contributed by atoms with Gasteiger partial charge in [0.15, 0.2) is 5.65 Å². The number of benzene rings is 2. The first-order valence-corrected chi connectivity index (χ1v) is 10.3. The second-order valence-electron chi connectivity index (χ2n) is 7.75. The van der Waals surface area contributed by atoms with Gasteiger partial charge in [0.25, 0.3) is 0 Å². The van der Waals surface area contributed by atoms with Crippen molar-refractivity contribution >= 4 is 17.2 Å². The lowest BCUT2D eigenvalue weighted by Gasteiger charge is -2.18. The lowest BCUT2D eigenvalue weighted by molar-refractivity contribution is -0.118. The Kier molecular flexibility index (Phi) is 5.55. The molecule has 2 aromatic heterocycles. The Bertz CT molecular complexity index is 1250. The first kappa shape index (κ1) is 20.7. The highest BCUT2D eigenvalue weighted by molar-refractivity contribution is 5.92. The SMILES string of the molecule is Cc1nc2c(-c3ccc(F)cc3)c(C)nn2c(C)c1CCC(=O)N(C)c1ccccc1. The number of rotatable bonds is 5. The van der Waals surface area contributed by atoms with Crippen LogP contribution < -0.4 is 4.90 Å². The van der Waals surface area contributed by atoms with Crippen LogP contribution >= 0.6 is 0 Å². The molecule has 6 heteroatoms. The summed E-state index contributed by atoms with van der Waals surface area (Å²) < 4.78 is 15.2. The minimum atomic E-state index is -0.273. The van der Waals surface area contributed by atoms with Crippen LogP contribution in [0.3, 0.4) is 0 Å². The average molecular weight is 417 g/mol. The topological polar surface area (TPSA) is 50.5 Å². The predicted octanol–water partition coefficient (Wildman–Crippen LogP) is 5.06. The molecule has 0 aliphatic heterocycles. The fourth-order valence-electron chi connectivity index (χ4n) is 3.98. The Morgan fingerprint density at radius 1 is 1.00 bits per heavy atom. The van der Waals surface area contributed by atoms with Gasteiger partial charge in [0, 0.05) is 36.1 Å². The molecule has 31 heavy (non-hydrogen) atoms. The molecule has 4 rings (SSSR count). The monoisotopic (exact) mass is 416 g/mol. The highest BCUT2D eigenvalue weighted by Crippen LogP contribution is 2.29. The lowest BCUT2D eigenvalue weighted by atomic mass is 10.0. The van der Waals surface area contributed by atoms with Crippen molar-refractivity contribution in [2.45, 2.75) is 33.6 Å². The summed E-state index contributed by atoms with van der Waals surface area (Å²) in [6.07, 6.45) is 0.965. The van der Waals surface area contributed by atoms with Gasteiger partial charge < -0.3 is 4.90 Å². The largest absolute Gasteiger partial charge is 0.315 e. The zero-order valence-corrected chi connectivity index (χ0v) is 18.2. The maximum atomic E-state index is 13.4. The highest BCUT2D eigenvalue weighted by Gasteiger charge is 2.19. The zero-order valence-electron chi connectivity index (χ0n) is 18.2. The molecule has 0 unspecified atom stereocenters. The molecule has 0 N–H and O–H groups in total. The number of amides is 1. The first-order valence-electron chi connectivity index (χ1n) is 10.3. The van der Waals surface area contributed by atoms with Crippen LogP contribution in [0.15, 0.2) is 54.6 Å². The maximum absolute atomic E-state index is 13.4. The second kappa shape index (κ2) is 8.30. The van der Waals surface area contributed by atoms with E-state index in [-0.39, 0.29) is 11.7 Å². The Morgan fingerprint density at radius 2 is 1.68 bits per heavy atom. The Balaban J connectivity index is 1.64. The third-order valence-corrected chi connectivity index (χ3v) is 5.74. The quantitative estimate of drug-likeness (QED) is 0.457. The minimum Gasteiger partial charge on any atom is -0.315 e. The third-order valence-electron chi connectivity index (χ3n) is 5.74. The van der Waals surface area contributed by atoms with Gasteiger partial charge in [0.1, 0.15) is 5.82 Å². The van der Waals surface area contributed by atoms with Gasteiger partial charge in [0.05, 0.1) is 5.69 Å². The lowest BCUT2D eigenvalue weighted by Crippen LogP contribution is -2.26. The van der Waals surface area contributed by atoms with Crippen molar-refractivity contribution in [3.8, 4) is 11.1 Å². The summed E-state index contributed by atoms with van der Waals surface area (Å²) in [6, 6.07) is 16.0. The van der Waals surface area contributed by atoms with Gasteiger partial charge in [0.2, 0.25) is 5.91 Å². The number of aryl methyl sites for hydroxylation is 3. The molecule has 0 bridgehead atoms. The van der Waals surface area contributed by atoms with Gasteiger partial charge in [-0.1, -0.05) is 30.3 Å². The van der Waals surface area contributed by atoms with Gasteiger partial charge >= 0.3 is 0 Å². The van der Waals surface area contributed by atoms with E-state index in [4.69, 9.17) is 4.98 Å². The van der Waals surface area contributed by atoms with Crippen LogP contribution in [0, 0.1) is 26.6 Å². The molecule has 0 fully saturated rings. The molecule has 0 aliphatic carbocycles. The standard InChI is InChI=1S/C25H25FN4O/c1-16-22(14-15-23(31)29(4)21-8-6-5-7-9-21)18(3)30-25(27-16)24(17(2)28-30)19-10-12-20(26)13-11-19/h5-13H,14-15H2,1-4H3. The zero-order chi connectivity index (χ0) is 22.1. The fraction of sp³-hybridized carbons (Fsp3) is 0.240. The molecule has 4 aromatic rings. The number of aromatic nitrogens is 3. The Morgan fingerprint density at radius 3 is 2.35 bits per heavy atom. The summed E-state index contributed by atoms with van der Waals surface area (Å²) >= 11 is 0. The van der Waals surface area contributed by atoms with Gasteiger partial charge in [-0.05, 0) is 62.6 Å². The van der Waals surface area contributed by atoms with Crippen molar-refractivity contribution in [3.05, 3.63) is 83.1 Å². The minimum absolute atomic E-state index is 0.0498. The van der Waals surface area contributed by atoms with E-state index in [9.17, 15) is 9.18 Å². The molecule has 0 saturated heterocycles. The first-order chi connectivity index (χ1) is 14.9. The summed E-state index contributed by atoms with van der Waals surface area (Å²) in [7, 11) is 1.80. The molecule has 1 amide bonds. The van der Waals surface area contributed by atoms with Crippen molar-refractivity contribution in [2.75, 3.05) is 11.9 Å². The van der Waals surface area contributed by atoms with E-state index in [0.29, 0.717) is 12.8 Å². The number of carbonyl (C=O) groups excluding carboxylic acids is 1. The van der Waals surface area contributed by atoms with Crippen molar-refractivity contribution < 1.29 is 9.18 Å². The fourth-order valence-corrected chi connectivity index (χ4v) is 3.98. The number of halogens is 1. The molecule has 0 spiro atoms. The van der Waals surface area contributed by atoms with Gasteiger partial charge in [-0.25, -0.2) is 13.9 Å². The third kappa shape index (κ3) is 3.93. The van der Waals surface area contributed by atoms with E-state index in [1.165, 1.54) is 12.1 Å². The van der Waals surface area contributed by atoms with Crippen LogP contribution in [0.1, 0.15) is 29.1 Å². The maximum Gasteiger partial charge on any atom is 0.227 e. The number of hydrogen-bond acceptors (Lipinski definition) is 3. The molecule has 0 radical (unpaired) electrons. The number of anilines is 1. The molecule has 2 heterocycles. The Hall–Kier alpha value is -3.54. The van der Waals surface area contributed by atoms with E-state index in [1.54, 1.807) is 24.1 Å². The summed E-state index contributed by atoms with van der Waals surface area (Å²) in [5.74, 6) is -0.223.